The number of carbonyl (C=O) groups is 1. The summed E-state index contributed by atoms with van der Waals surface area (Å²) < 4.78 is 14.2. The molecule has 1 amide bonds. The van der Waals surface area contributed by atoms with Crippen molar-refractivity contribution in [3.05, 3.63) is 34.1 Å². The molecule has 0 aliphatic carbocycles. The van der Waals surface area contributed by atoms with Gasteiger partial charge in [0.15, 0.2) is 5.84 Å². The molecule has 7 heteroatoms. The van der Waals surface area contributed by atoms with E-state index in [1.165, 1.54) is 17.0 Å². The maximum atomic E-state index is 13.6. The topological polar surface area (TPSA) is 78.9 Å². The van der Waals surface area contributed by atoms with Crippen molar-refractivity contribution in [3.63, 3.8) is 0 Å². The summed E-state index contributed by atoms with van der Waals surface area (Å²) in [5, 5.41) is 11.3. The minimum atomic E-state index is -0.618. The first-order valence-corrected chi connectivity index (χ1v) is 5.99. The fourth-order valence-corrected chi connectivity index (χ4v) is 1.72. The number of rotatable bonds is 4. The Morgan fingerprint density at radius 3 is 2.78 bits per heavy atom. The van der Waals surface area contributed by atoms with Gasteiger partial charge in [-0.2, -0.15) is 0 Å². The highest BCUT2D eigenvalue weighted by Crippen LogP contribution is 2.16. The SMILES string of the molecule is CCN(CC(N)=NO)C(=O)c1ccc(Br)cc1F. The highest BCUT2D eigenvalue weighted by molar-refractivity contribution is 9.10. The molecule has 0 unspecified atom stereocenters. The lowest BCUT2D eigenvalue weighted by Gasteiger charge is -2.20. The third-order valence-electron chi connectivity index (χ3n) is 2.31. The summed E-state index contributed by atoms with van der Waals surface area (Å²) in [4.78, 5) is 13.3. The van der Waals surface area contributed by atoms with Crippen molar-refractivity contribution < 1.29 is 14.4 Å². The van der Waals surface area contributed by atoms with Crippen LogP contribution < -0.4 is 5.73 Å². The molecule has 0 atom stereocenters. The number of oxime groups is 1. The lowest BCUT2D eigenvalue weighted by molar-refractivity contribution is 0.0781. The van der Waals surface area contributed by atoms with Gasteiger partial charge in [0.2, 0.25) is 0 Å². The summed E-state index contributed by atoms with van der Waals surface area (Å²) in [5.74, 6) is -1.23. The molecule has 0 heterocycles. The van der Waals surface area contributed by atoms with Crippen molar-refractivity contribution in [2.45, 2.75) is 6.92 Å². The first-order valence-electron chi connectivity index (χ1n) is 5.20. The Labute approximate surface area is 112 Å². The van der Waals surface area contributed by atoms with Crippen LogP contribution in [0.4, 0.5) is 4.39 Å². The number of halogens is 2. The average molecular weight is 318 g/mol. The van der Waals surface area contributed by atoms with Crippen LogP contribution in [0.25, 0.3) is 0 Å². The molecular weight excluding hydrogens is 305 g/mol. The Bertz CT molecular complexity index is 479. The first-order chi connectivity index (χ1) is 8.49. The van der Waals surface area contributed by atoms with Gasteiger partial charge in [-0.05, 0) is 25.1 Å². The zero-order chi connectivity index (χ0) is 13.7. The van der Waals surface area contributed by atoms with E-state index in [0.717, 1.165) is 0 Å². The van der Waals surface area contributed by atoms with Crippen LogP contribution in [0.2, 0.25) is 0 Å². The molecule has 0 radical (unpaired) electrons. The van der Waals surface area contributed by atoms with E-state index in [9.17, 15) is 9.18 Å². The quantitative estimate of drug-likeness (QED) is 0.384. The maximum absolute atomic E-state index is 13.6. The van der Waals surface area contributed by atoms with Crippen molar-refractivity contribution in [3.8, 4) is 0 Å². The molecule has 1 aromatic rings. The van der Waals surface area contributed by atoms with E-state index >= 15 is 0 Å². The van der Waals surface area contributed by atoms with Gasteiger partial charge in [-0.15, -0.1) is 0 Å². The molecule has 0 aliphatic heterocycles. The fraction of sp³-hybridized carbons (Fsp3) is 0.273. The van der Waals surface area contributed by atoms with E-state index in [0.29, 0.717) is 11.0 Å². The molecule has 0 saturated carbocycles. The molecule has 0 aliphatic rings. The van der Waals surface area contributed by atoms with E-state index in [-0.39, 0.29) is 17.9 Å². The Hall–Kier alpha value is -1.63. The van der Waals surface area contributed by atoms with Crippen molar-refractivity contribution in [2.75, 3.05) is 13.1 Å². The second-order valence-corrected chi connectivity index (χ2v) is 4.45. The summed E-state index contributed by atoms with van der Waals surface area (Å²) in [6.45, 7) is 1.99. The van der Waals surface area contributed by atoms with Crippen LogP contribution in [-0.4, -0.2) is 34.9 Å². The first kappa shape index (κ1) is 14.4. The van der Waals surface area contributed by atoms with Crippen LogP contribution >= 0.6 is 15.9 Å². The molecule has 0 fully saturated rings. The van der Waals surface area contributed by atoms with Gasteiger partial charge in [0.1, 0.15) is 5.82 Å². The fourth-order valence-electron chi connectivity index (χ4n) is 1.39. The smallest absolute Gasteiger partial charge is 0.257 e. The Kier molecular flexibility index (Phi) is 5.08. The van der Waals surface area contributed by atoms with E-state index in [1.807, 2.05) is 0 Å². The highest BCUT2D eigenvalue weighted by atomic mass is 79.9. The van der Waals surface area contributed by atoms with Gasteiger partial charge in [-0.25, -0.2) is 4.39 Å². The molecule has 0 aromatic heterocycles. The van der Waals surface area contributed by atoms with Crippen LogP contribution in [0, 0.1) is 5.82 Å². The second-order valence-electron chi connectivity index (χ2n) is 3.53. The molecule has 5 nitrogen and oxygen atoms in total. The van der Waals surface area contributed by atoms with Crippen molar-refractivity contribution in [1.82, 2.24) is 4.90 Å². The normalized spacial score (nSPS) is 11.4. The van der Waals surface area contributed by atoms with Gasteiger partial charge >= 0.3 is 0 Å². The molecule has 0 bridgehead atoms. The molecule has 1 aromatic carbocycles. The van der Waals surface area contributed by atoms with Crippen LogP contribution in [0.5, 0.6) is 0 Å². The van der Waals surface area contributed by atoms with Crippen LogP contribution in [-0.2, 0) is 0 Å². The molecule has 98 valence electrons. The Morgan fingerprint density at radius 2 is 2.28 bits per heavy atom. The summed E-state index contributed by atoms with van der Waals surface area (Å²) >= 11 is 3.11. The number of hydrogen-bond donors (Lipinski definition) is 2. The van der Waals surface area contributed by atoms with Gasteiger partial charge in [0, 0.05) is 11.0 Å². The largest absolute Gasteiger partial charge is 0.409 e. The van der Waals surface area contributed by atoms with Crippen LogP contribution in [0.15, 0.2) is 27.8 Å². The molecule has 3 N–H and O–H groups in total. The maximum Gasteiger partial charge on any atom is 0.257 e. The number of nitrogens with two attached hydrogens (primary N) is 1. The van der Waals surface area contributed by atoms with Crippen LogP contribution in [0.1, 0.15) is 17.3 Å². The monoisotopic (exact) mass is 317 g/mol. The van der Waals surface area contributed by atoms with Gasteiger partial charge < -0.3 is 15.8 Å². The van der Waals surface area contributed by atoms with Gasteiger partial charge in [0.05, 0.1) is 12.1 Å². The number of nitrogens with zero attached hydrogens (tertiary/aromatic N) is 2. The molecular formula is C11H13BrFN3O2. The van der Waals surface area contributed by atoms with Crippen LogP contribution in [0.3, 0.4) is 0 Å². The van der Waals surface area contributed by atoms with Gasteiger partial charge in [-0.1, -0.05) is 21.1 Å². The molecule has 0 saturated heterocycles. The minimum absolute atomic E-state index is 0.0502. The number of amides is 1. The predicted octanol–water partition coefficient (Wildman–Crippen LogP) is 1.80. The molecule has 18 heavy (non-hydrogen) atoms. The van der Waals surface area contributed by atoms with Crippen molar-refractivity contribution in [2.24, 2.45) is 10.9 Å². The van der Waals surface area contributed by atoms with Crippen molar-refractivity contribution >= 4 is 27.7 Å². The number of amidine groups is 1. The summed E-state index contributed by atoms with van der Waals surface area (Å²) in [6, 6.07) is 4.18. The highest BCUT2D eigenvalue weighted by Gasteiger charge is 2.19. The molecule has 0 spiro atoms. The van der Waals surface area contributed by atoms with E-state index in [2.05, 4.69) is 21.1 Å². The third kappa shape index (κ3) is 3.43. The van der Waals surface area contributed by atoms with E-state index in [4.69, 9.17) is 10.9 Å². The lowest BCUT2D eigenvalue weighted by Crippen LogP contribution is -2.38. The summed E-state index contributed by atoms with van der Waals surface area (Å²) in [7, 11) is 0. The number of benzene rings is 1. The lowest BCUT2D eigenvalue weighted by atomic mass is 10.2. The number of likely N-dealkylation sites (N-methyl/N-ethyl adjacent to an activating group) is 1. The van der Waals surface area contributed by atoms with Gasteiger partial charge in [-0.3, -0.25) is 4.79 Å². The summed E-state index contributed by atoms with van der Waals surface area (Å²) in [5.41, 5.74) is 5.28. The zero-order valence-corrected chi connectivity index (χ0v) is 11.3. The number of carbonyl (C=O) groups excluding carboxylic acids is 1. The van der Waals surface area contributed by atoms with E-state index < -0.39 is 11.7 Å². The Morgan fingerprint density at radius 1 is 1.61 bits per heavy atom. The number of hydrogen-bond acceptors (Lipinski definition) is 3. The minimum Gasteiger partial charge on any atom is -0.409 e. The standard InChI is InChI=1S/C11H13BrFN3O2/c1-2-16(6-10(14)15-18)11(17)8-4-3-7(12)5-9(8)13/h3-5,18H,2,6H2,1H3,(H2,14,15). The van der Waals surface area contributed by atoms with E-state index in [1.54, 1.807) is 13.0 Å². The third-order valence-corrected chi connectivity index (χ3v) is 2.81. The predicted molar refractivity (Wildman–Crippen MR) is 69.1 cm³/mol. The summed E-state index contributed by atoms with van der Waals surface area (Å²) in [6.07, 6.45) is 0. The average Bonchev–Trinajstić information content (AvgIpc) is 2.34. The Balaban J connectivity index is 2.96. The van der Waals surface area contributed by atoms with Crippen molar-refractivity contribution in [1.29, 1.82) is 0 Å². The zero-order valence-electron chi connectivity index (χ0n) is 9.73. The second kappa shape index (κ2) is 6.34. The van der Waals surface area contributed by atoms with Gasteiger partial charge in [0.25, 0.3) is 5.91 Å². The molecule has 1 rings (SSSR count).